The zero-order valence-corrected chi connectivity index (χ0v) is 10.4. The number of nitrogens with one attached hydrogen (secondary N) is 1. The van der Waals surface area contributed by atoms with Gasteiger partial charge in [0, 0.05) is 4.47 Å². The Labute approximate surface area is 99.4 Å². The molecule has 0 radical (unpaired) electrons. The van der Waals surface area contributed by atoms with Crippen molar-refractivity contribution in [3.8, 4) is 0 Å². The molecular weight excluding hydrogens is 250 g/mol. The van der Waals surface area contributed by atoms with Crippen LogP contribution in [0.15, 0.2) is 22.7 Å². The second-order valence-electron chi connectivity index (χ2n) is 4.80. The third kappa shape index (κ3) is 1.74. The minimum absolute atomic E-state index is 0.876. The summed E-state index contributed by atoms with van der Waals surface area (Å²) in [5, 5.41) is 3.53. The van der Waals surface area contributed by atoms with Crippen molar-refractivity contribution in [2.24, 2.45) is 11.8 Å². The van der Waals surface area contributed by atoms with Crippen molar-refractivity contribution in [2.45, 2.75) is 19.3 Å². The van der Waals surface area contributed by atoms with Gasteiger partial charge in [0.1, 0.15) is 0 Å². The van der Waals surface area contributed by atoms with E-state index in [4.69, 9.17) is 0 Å². The summed E-state index contributed by atoms with van der Waals surface area (Å²) in [6, 6.07) is 6.66. The minimum atomic E-state index is 0.876. The predicted octanol–water partition coefficient (Wildman–Crippen LogP) is 2.77. The van der Waals surface area contributed by atoms with Gasteiger partial charge >= 0.3 is 0 Å². The van der Waals surface area contributed by atoms with Gasteiger partial charge in [0.25, 0.3) is 0 Å². The van der Waals surface area contributed by atoms with E-state index in [1.807, 2.05) is 0 Å². The number of hydrogen-bond acceptors (Lipinski definition) is 1. The van der Waals surface area contributed by atoms with Crippen LogP contribution in [0, 0.1) is 11.8 Å². The summed E-state index contributed by atoms with van der Waals surface area (Å²) in [5.41, 5.74) is 3.13. The molecule has 1 aliphatic heterocycles. The van der Waals surface area contributed by atoms with Crippen LogP contribution < -0.4 is 5.32 Å². The summed E-state index contributed by atoms with van der Waals surface area (Å²) in [5.74, 6) is 1.78. The van der Waals surface area contributed by atoms with Gasteiger partial charge in [0.15, 0.2) is 0 Å². The summed E-state index contributed by atoms with van der Waals surface area (Å²) in [6.07, 6.45) is 3.87. The normalized spacial score (nSPS) is 29.4. The lowest BCUT2D eigenvalue weighted by atomic mass is 9.90. The molecular formula is C13H16BrN. The zero-order chi connectivity index (χ0) is 10.3. The monoisotopic (exact) mass is 265 g/mol. The Kier molecular flexibility index (Phi) is 2.57. The van der Waals surface area contributed by atoms with Gasteiger partial charge in [-0.25, -0.2) is 0 Å². The second kappa shape index (κ2) is 3.91. The van der Waals surface area contributed by atoms with Crippen molar-refractivity contribution in [2.75, 3.05) is 13.1 Å². The summed E-state index contributed by atoms with van der Waals surface area (Å²) < 4.78 is 1.31. The summed E-state index contributed by atoms with van der Waals surface area (Å²) in [4.78, 5) is 0. The van der Waals surface area contributed by atoms with E-state index >= 15 is 0 Å². The van der Waals surface area contributed by atoms with E-state index in [0.717, 1.165) is 11.8 Å². The zero-order valence-electron chi connectivity index (χ0n) is 8.80. The maximum atomic E-state index is 3.68. The Morgan fingerprint density at radius 1 is 1.20 bits per heavy atom. The molecule has 1 nitrogen and oxygen atoms in total. The topological polar surface area (TPSA) is 12.0 Å². The fourth-order valence-corrected chi connectivity index (χ4v) is 3.66. The molecule has 2 aliphatic rings. The van der Waals surface area contributed by atoms with Crippen LogP contribution in [0.3, 0.4) is 0 Å². The van der Waals surface area contributed by atoms with E-state index < -0.39 is 0 Å². The first-order valence-corrected chi connectivity index (χ1v) is 6.61. The lowest BCUT2D eigenvalue weighted by molar-refractivity contribution is 0.406. The lowest BCUT2D eigenvalue weighted by Crippen LogP contribution is -2.13. The van der Waals surface area contributed by atoms with Crippen LogP contribution in [-0.4, -0.2) is 13.1 Å². The fraction of sp³-hybridized carbons (Fsp3) is 0.538. The Morgan fingerprint density at radius 3 is 3.00 bits per heavy atom. The third-order valence-electron chi connectivity index (χ3n) is 3.94. The molecule has 1 N–H and O–H groups in total. The number of halogens is 1. The number of hydrogen-bond donors (Lipinski definition) is 1. The van der Waals surface area contributed by atoms with Crippen LogP contribution in [0.2, 0.25) is 0 Å². The molecule has 2 heteroatoms. The van der Waals surface area contributed by atoms with Crippen LogP contribution >= 0.6 is 15.9 Å². The SMILES string of the molecule is Brc1cccc2c1CCC1CNCC1C2. The van der Waals surface area contributed by atoms with Crippen molar-refractivity contribution >= 4 is 15.9 Å². The molecule has 1 heterocycles. The van der Waals surface area contributed by atoms with Gasteiger partial charge in [-0.2, -0.15) is 0 Å². The third-order valence-corrected chi connectivity index (χ3v) is 4.69. The summed E-state index contributed by atoms with van der Waals surface area (Å²) in [7, 11) is 0. The highest BCUT2D eigenvalue weighted by Crippen LogP contribution is 2.34. The molecule has 1 fully saturated rings. The lowest BCUT2D eigenvalue weighted by Gasteiger charge is -2.13. The van der Waals surface area contributed by atoms with Gasteiger partial charge in [-0.1, -0.05) is 28.1 Å². The Morgan fingerprint density at radius 2 is 2.07 bits per heavy atom. The van der Waals surface area contributed by atoms with Crippen LogP contribution in [0.25, 0.3) is 0 Å². The van der Waals surface area contributed by atoms with Crippen molar-refractivity contribution in [3.05, 3.63) is 33.8 Å². The van der Waals surface area contributed by atoms with Gasteiger partial charge in [-0.3, -0.25) is 0 Å². The molecule has 0 aromatic heterocycles. The highest BCUT2D eigenvalue weighted by Gasteiger charge is 2.30. The Balaban J connectivity index is 1.97. The number of benzene rings is 1. The van der Waals surface area contributed by atoms with Crippen molar-refractivity contribution < 1.29 is 0 Å². The van der Waals surface area contributed by atoms with E-state index in [-0.39, 0.29) is 0 Å². The highest BCUT2D eigenvalue weighted by molar-refractivity contribution is 9.10. The molecule has 80 valence electrons. The van der Waals surface area contributed by atoms with Crippen molar-refractivity contribution in [1.29, 1.82) is 0 Å². The molecule has 0 saturated carbocycles. The molecule has 0 amide bonds. The maximum Gasteiger partial charge on any atom is 0.0210 e. The highest BCUT2D eigenvalue weighted by atomic mass is 79.9. The van der Waals surface area contributed by atoms with Crippen LogP contribution in [0.5, 0.6) is 0 Å². The van der Waals surface area contributed by atoms with E-state index in [9.17, 15) is 0 Å². The summed E-state index contributed by atoms with van der Waals surface area (Å²) in [6.45, 7) is 2.45. The Hall–Kier alpha value is -0.340. The van der Waals surface area contributed by atoms with Gasteiger partial charge < -0.3 is 5.32 Å². The van der Waals surface area contributed by atoms with Gasteiger partial charge in [0.05, 0.1) is 0 Å². The standard InChI is InChI=1S/C13H16BrN/c14-13-3-1-2-9-6-11-8-15-7-10(11)4-5-12(9)13/h1-3,10-11,15H,4-8H2. The molecule has 1 saturated heterocycles. The van der Waals surface area contributed by atoms with Crippen LogP contribution in [-0.2, 0) is 12.8 Å². The van der Waals surface area contributed by atoms with E-state index in [0.29, 0.717) is 0 Å². The average molecular weight is 266 g/mol. The molecule has 3 rings (SSSR count). The smallest absolute Gasteiger partial charge is 0.0210 e. The number of rotatable bonds is 0. The van der Waals surface area contributed by atoms with Crippen molar-refractivity contribution in [3.63, 3.8) is 0 Å². The first-order chi connectivity index (χ1) is 7.34. The molecule has 2 unspecified atom stereocenters. The van der Waals surface area contributed by atoms with Gasteiger partial charge in [-0.05, 0) is 61.4 Å². The average Bonchev–Trinajstić information content (AvgIpc) is 2.58. The molecule has 1 aromatic rings. The minimum Gasteiger partial charge on any atom is -0.316 e. The molecule has 0 bridgehead atoms. The second-order valence-corrected chi connectivity index (χ2v) is 5.65. The van der Waals surface area contributed by atoms with Crippen molar-refractivity contribution in [1.82, 2.24) is 5.32 Å². The van der Waals surface area contributed by atoms with Gasteiger partial charge in [-0.15, -0.1) is 0 Å². The molecule has 15 heavy (non-hydrogen) atoms. The molecule has 0 spiro atoms. The van der Waals surface area contributed by atoms with E-state index in [2.05, 4.69) is 39.4 Å². The Bertz CT molecular complexity index is 375. The molecule has 2 atom stereocenters. The quantitative estimate of drug-likeness (QED) is 0.761. The first-order valence-electron chi connectivity index (χ1n) is 5.81. The molecule has 1 aromatic carbocycles. The van der Waals surface area contributed by atoms with Crippen LogP contribution in [0.4, 0.5) is 0 Å². The van der Waals surface area contributed by atoms with E-state index in [1.54, 1.807) is 11.1 Å². The van der Waals surface area contributed by atoms with E-state index in [1.165, 1.54) is 36.8 Å². The fourth-order valence-electron chi connectivity index (χ4n) is 3.05. The van der Waals surface area contributed by atoms with Gasteiger partial charge in [0.2, 0.25) is 0 Å². The number of fused-ring (bicyclic) bond motifs is 2. The maximum absolute atomic E-state index is 3.68. The summed E-state index contributed by atoms with van der Waals surface area (Å²) >= 11 is 3.68. The largest absolute Gasteiger partial charge is 0.316 e. The molecule has 1 aliphatic carbocycles. The predicted molar refractivity (Wildman–Crippen MR) is 66.0 cm³/mol. The first kappa shape index (κ1) is 9.86. The van der Waals surface area contributed by atoms with Crippen LogP contribution in [0.1, 0.15) is 17.5 Å².